The zero-order valence-electron chi connectivity index (χ0n) is 11.3. The first-order valence-corrected chi connectivity index (χ1v) is 6.88. The number of ether oxygens (including phenoxy) is 1. The molecule has 1 aromatic rings. The van der Waals surface area contributed by atoms with E-state index in [1.165, 1.54) is 0 Å². The fourth-order valence-corrected chi connectivity index (χ4v) is 2.63. The van der Waals surface area contributed by atoms with Crippen LogP contribution in [0.15, 0.2) is 18.2 Å². The van der Waals surface area contributed by atoms with Crippen molar-refractivity contribution in [2.45, 2.75) is 25.9 Å². The third-order valence-corrected chi connectivity index (χ3v) is 3.75. The Hall–Kier alpha value is -1.26. The quantitative estimate of drug-likeness (QED) is 0.899. The summed E-state index contributed by atoms with van der Waals surface area (Å²) in [6.45, 7) is 4.07. The number of halogens is 1. The lowest BCUT2D eigenvalue weighted by atomic mass is 10.2. The number of methoxy groups -OCH3 is 1. The smallest absolute Gasteiger partial charge is 0.240 e. The van der Waals surface area contributed by atoms with Gasteiger partial charge in [0.25, 0.3) is 0 Å². The van der Waals surface area contributed by atoms with Crippen LogP contribution in [0.4, 0.5) is 0 Å². The summed E-state index contributed by atoms with van der Waals surface area (Å²) in [5, 5.41) is 3.84. The number of nitrogens with zero attached hydrogens (tertiary/aromatic N) is 1. The molecule has 1 heterocycles. The van der Waals surface area contributed by atoms with E-state index >= 15 is 0 Å². The van der Waals surface area contributed by atoms with E-state index in [0.717, 1.165) is 30.8 Å². The SMILES string of the molecule is CCNC1CCN(Cc2c(Cl)cccc2OC)C1=O. The molecular formula is C14H19ClN2O2. The second-order valence-electron chi connectivity index (χ2n) is 4.58. The van der Waals surface area contributed by atoms with Crippen LogP contribution in [-0.2, 0) is 11.3 Å². The predicted octanol–water partition coefficient (Wildman–Crippen LogP) is 2.06. The van der Waals surface area contributed by atoms with Crippen LogP contribution in [0.2, 0.25) is 5.02 Å². The fourth-order valence-electron chi connectivity index (χ4n) is 2.41. The third-order valence-electron chi connectivity index (χ3n) is 3.39. The van der Waals surface area contributed by atoms with Crippen LogP contribution < -0.4 is 10.1 Å². The molecule has 1 fully saturated rings. The summed E-state index contributed by atoms with van der Waals surface area (Å²) < 4.78 is 5.31. The Bertz CT molecular complexity index is 465. The Morgan fingerprint density at radius 3 is 3.00 bits per heavy atom. The first-order chi connectivity index (χ1) is 9.17. The standard InChI is InChI=1S/C14H19ClN2O2/c1-3-16-12-7-8-17(14(12)18)9-10-11(15)5-4-6-13(10)19-2/h4-6,12,16H,3,7-9H2,1-2H3. The average Bonchev–Trinajstić information content (AvgIpc) is 2.74. The van der Waals surface area contributed by atoms with Gasteiger partial charge in [-0.15, -0.1) is 0 Å². The molecule has 0 radical (unpaired) electrons. The Morgan fingerprint density at radius 1 is 1.53 bits per heavy atom. The molecule has 104 valence electrons. The van der Waals surface area contributed by atoms with Crippen molar-refractivity contribution in [3.63, 3.8) is 0 Å². The van der Waals surface area contributed by atoms with Gasteiger partial charge in [0.15, 0.2) is 0 Å². The highest BCUT2D eigenvalue weighted by atomic mass is 35.5. The van der Waals surface area contributed by atoms with Gasteiger partial charge in [0.05, 0.1) is 19.7 Å². The highest BCUT2D eigenvalue weighted by Gasteiger charge is 2.31. The van der Waals surface area contributed by atoms with Gasteiger partial charge in [-0.2, -0.15) is 0 Å². The van der Waals surface area contributed by atoms with Gasteiger partial charge >= 0.3 is 0 Å². The van der Waals surface area contributed by atoms with Crippen molar-refractivity contribution in [2.24, 2.45) is 0 Å². The van der Waals surface area contributed by atoms with Gasteiger partial charge in [0.2, 0.25) is 5.91 Å². The molecule has 19 heavy (non-hydrogen) atoms. The van der Waals surface area contributed by atoms with Crippen LogP contribution in [0.5, 0.6) is 5.75 Å². The Morgan fingerprint density at radius 2 is 2.32 bits per heavy atom. The zero-order chi connectivity index (χ0) is 13.8. The monoisotopic (exact) mass is 282 g/mol. The van der Waals surface area contributed by atoms with Crippen LogP contribution in [-0.4, -0.2) is 37.0 Å². The highest BCUT2D eigenvalue weighted by molar-refractivity contribution is 6.31. The minimum atomic E-state index is -0.0570. The van der Waals surface area contributed by atoms with E-state index in [1.807, 2.05) is 30.0 Å². The summed E-state index contributed by atoms with van der Waals surface area (Å²) in [5.41, 5.74) is 0.872. The molecule has 0 spiro atoms. The molecule has 1 aliphatic heterocycles. The summed E-state index contributed by atoms with van der Waals surface area (Å²) >= 11 is 6.20. The van der Waals surface area contributed by atoms with Crippen molar-refractivity contribution >= 4 is 17.5 Å². The molecule has 0 bridgehead atoms. The molecule has 2 rings (SSSR count). The maximum atomic E-state index is 12.2. The Labute approximate surface area is 118 Å². The molecule has 5 heteroatoms. The lowest BCUT2D eigenvalue weighted by Crippen LogP contribution is -2.37. The van der Waals surface area contributed by atoms with Crippen LogP contribution in [0.1, 0.15) is 18.9 Å². The van der Waals surface area contributed by atoms with Crippen LogP contribution in [0.25, 0.3) is 0 Å². The second-order valence-corrected chi connectivity index (χ2v) is 4.99. The number of benzene rings is 1. The second kappa shape index (κ2) is 6.26. The molecule has 1 N–H and O–H groups in total. The highest BCUT2D eigenvalue weighted by Crippen LogP contribution is 2.29. The molecule has 1 amide bonds. The molecule has 1 saturated heterocycles. The van der Waals surface area contributed by atoms with Crippen molar-refractivity contribution in [2.75, 3.05) is 20.2 Å². The van der Waals surface area contributed by atoms with Crippen molar-refractivity contribution < 1.29 is 9.53 Å². The van der Waals surface area contributed by atoms with E-state index in [-0.39, 0.29) is 11.9 Å². The molecule has 0 aromatic heterocycles. The fraction of sp³-hybridized carbons (Fsp3) is 0.500. The minimum absolute atomic E-state index is 0.0570. The number of rotatable bonds is 5. The number of amides is 1. The van der Waals surface area contributed by atoms with Crippen LogP contribution in [0, 0.1) is 0 Å². The first kappa shape index (κ1) is 14.2. The molecule has 1 aliphatic rings. The maximum Gasteiger partial charge on any atom is 0.240 e. The van der Waals surface area contributed by atoms with Gasteiger partial charge in [0.1, 0.15) is 5.75 Å². The number of nitrogens with one attached hydrogen (secondary N) is 1. The number of likely N-dealkylation sites (N-methyl/N-ethyl adjacent to an activating group) is 1. The largest absolute Gasteiger partial charge is 0.496 e. The summed E-state index contributed by atoms with van der Waals surface area (Å²) in [4.78, 5) is 14.0. The van der Waals surface area contributed by atoms with Crippen LogP contribution in [0.3, 0.4) is 0 Å². The van der Waals surface area contributed by atoms with E-state index in [1.54, 1.807) is 7.11 Å². The number of carbonyl (C=O) groups is 1. The van der Waals surface area contributed by atoms with Crippen molar-refractivity contribution in [1.82, 2.24) is 10.2 Å². The summed E-state index contributed by atoms with van der Waals surface area (Å²) in [7, 11) is 1.61. The Kier molecular flexibility index (Phi) is 4.66. The topological polar surface area (TPSA) is 41.6 Å². The molecule has 0 aliphatic carbocycles. The molecule has 1 atom stereocenters. The summed E-state index contributed by atoms with van der Waals surface area (Å²) in [6, 6.07) is 5.47. The molecule has 1 unspecified atom stereocenters. The van der Waals surface area contributed by atoms with Gasteiger partial charge in [-0.1, -0.05) is 24.6 Å². The van der Waals surface area contributed by atoms with Gasteiger partial charge in [-0.25, -0.2) is 0 Å². The van der Waals surface area contributed by atoms with E-state index in [9.17, 15) is 4.79 Å². The summed E-state index contributed by atoms with van der Waals surface area (Å²) in [5.74, 6) is 0.871. The lowest BCUT2D eigenvalue weighted by molar-refractivity contribution is -0.129. The summed E-state index contributed by atoms with van der Waals surface area (Å²) in [6.07, 6.45) is 0.847. The minimum Gasteiger partial charge on any atom is -0.496 e. The lowest BCUT2D eigenvalue weighted by Gasteiger charge is -2.19. The molecule has 4 nitrogen and oxygen atoms in total. The maximum absolute atomic E-state index is 12.2. The van der Waals surface area contributed by atoms with E-state index < -0.39 is 0 Å². The van der Waals surface area contributed by atoms with Gasteiger partial charge < -0.3 is 15.0 Å². The van der Waals surface area contributed by atoms with Crippen molar-refractivity contribution in [1.29, 1.82) is 0 Å². The normalized spacial score (nSPS) is 19.0. The first-order valence-electron chi connectivity index (χ1n) is 6.51. The zero-order valence-corrected chi connectivity index (χ0v) is 12.0. The van der Waals surface area contributed by atoms with Gasteiger partial charge in [-0.05, 0) is 25.1 Å². The van der Waals surface area contributed by atoms with Gasteiger partial charge in [-0.3, -0.25) is 4.79 Å². The number of likely N-dealkylation sites (tertiary alicyclic amines) is 1. The number of hydrogen-bond acceptors (Lipinski definition) is 3. The van der Waals surface area contributed by atoms with Crippen molar-refractivity contribution in [3.8, 4) is 5.75 Å². The van der Waals surface area contributed by atoms with E-state index in [0.29, 0.717) is 11.6 Å². The van der Waals surface area contributed by atoms with Crippen LogP contribution >= 0.6 is 11.6 Å². The van der Waals surface area contributed by atoms with E-state index in [2.05, 4.69) is 5.32 Å². The molecule has 1 aromatic carbocycles. The number of hydrogen-bond donors (Lipinski definition) is 1. The third kappa shape index (κ3) is 3.01. The van der Waals surface area contributed by atoms with E-state index in [4.69, 9.17) is 16.3 Å². The predicted molar refractivity (Wildman–Crippen MR) is 75.5 cm³/mol. The molecule has 0 saturated carbocycles. The average molecular weight is 283 g/mol. The Balaban J connectivity index is 2.12. The molecular weight excluding hydrogens is 264 g/mol. The van der Waals surface area contributed by atoms with Crippen molar-refractivity contribution in [3.05, 3.63) is 28.8 Å². The number of carbonyl (C=O) groups excluding carboxylic acids is 1. The van der Waals surface area contributed by atoms with Gasteiger partial charge in [0, 0.05) is 17.1 Å².